The highest BCUT2D eigenvalue weighted by Crippen LogP contribution is 2.34. The van der Waals surface area contributed by atoms with Crippen molar-refractivity contribution in [3.63, 3.8) is 0 Å². The number of aryl methyl sites for hydroxylation is 1. The van der Waals surface area contributed by atoms with E-state index in [0.29, 0.717) is 22.2 Å². The summed E-state index contributed by atoms with van der Waals surface area (Å²) >= 11 is 1.32. The lowest BCUT2D eigenvalue weighted by Gasteiger charge is -2.22. The zero-order chi connectivity index (χ0) is 22.6. The summed E-state index contributed by atoms with van der Waals surface area (Å²) in [6.07, 6.45) is 2.94. The zero-order valence-electron chi connectivity index (χ0n) is 17.2. The van der Waals surface area contributed by atoms with Gasteiger partial charge in [-0.05, 0) is 46.9 Å². The molecule has 1 heterocycles. The first-order chi connectivity index (χ1) is 14.6. The van der Waals surface area contributed by atoms with Crippen molar-refractivity contribution in [2.24, 2.45) is 0 Å². The monoisotopic (exact) mass is 467 g/mol. The summed E-state index contributed by atoms with van der Waals surface area (Å²) in [7, 11) is -2.78. The van der Waals surface area contributed by atoms with Crippen LogP contribution in [0.1, 0.15) is 20.9 Å². The Labute approximate surface area is 184 Å². The van der Waals surface area contributed by atoms with Crippen LogP contribution in [0, 0.1) is 6.92 Å². The predicted octanol–water partition coefficient (Wildman–Crippen LogP) is 4.31. The average Bonchev–Trinajstić information content (AvgIpc) is 3.07. The van der Waals surface area contributed by atoms with Crippen LogP contribution in [0.3, 0.4) is 0 Å². The molecule has 1 N–H and O–H groups in total. The highest BCUT2D eigenvalue weighted by Gasteiger charge is 2.22. The van der Waals surface area contributed by atoms with Crippen LogP contribution in [0.25, 0.3) is 0 Å². The first kappa shape index (κ1) is 22.8. The number of nitrogens with one attached hydrogen (secondary N) is 1. The molecule has 0 radical (unpaired) electrons. The number of anilines is 2. The number of hydrogen-bond donors (Lipinski definition) is 2. The van der Waals surface area contributed by atoms with Crippen molar-refractivity contribution in [1.29, 1.82) is 0 Å². The maximum absolute atomic E-state index is 12.5. The number of rotatable bonds is 8. The summed E-state index contributed by atoms with van der Waals surface area (Å²) in [5, 5.41) is 0.552. The number of aromatic nitrogens is 1. The second-order valence-corrected chi connectivity index (χ2v) is 11.2. The van der Waals surface area contributed by atoms with Crippen LogP contribution in [0.4, 0.5) is 19.6 Å². The van der Waals surface area contributed by atoms with E-state index >= 15 is 0 Å². The number of nitrogens with zero attached hydrogens (tertiary/aromatic N) is 2. The second kappa shape index (κ2) is 9.52. The lowest BCUT2D eigenvalue weighted by atomic mass is 10.2. The molecule has 0 aliphatic carbocycles. The predicted molar refractivity (Wildman–Crippen MR) is 121 cm³/mol. The number of carbonyl (C=O) groups is 1. The van der Waals surface area contributed by atoms with E-state index in [0.717, 1.165) is 5.56 Å². The molecule has 0 unspecified atom stereocenters. The Morgan fingerprint density at radius 2 is 1.81 bits per heavy atom. The summed E-state index contributed by atoms with van der Waals surface area (Å²) in [4.78, 5) is 19.6. The molecular weight excluding hydrogens is 444 g/mol. The van der Waals surface area contributed by atoms with Crippen molar-refractivity contribution in [1.82, 2.24) is 9.71 Å². The molecule has 166 valence electrons. The molecule has 0 bridgehead atoms. The number of thiazole rings is 1. The fraction of sp³-hybridized carbons (Fsp3) is 0.238. The van der Waals surface area contributed by atoms with Crippen LogP contribution >= 0.6 is 11.3 Å². The Kier molecular flexibility index (Phi) is 7.01. The Hall–Kier alpha value is -2.85. The van der Waals surface area contributed by atoms with Crippen LogP contribution < -0.4 is 14.4 Å². The van der Waals surface area contributed by atoms with Gasteiger partial charge < -0.3 is 9.64 Å². The van der Waals surface area contributed by atoms with Crippen molar-refractivity contribution < 1.29 is 22.5 Å². The Bertz CT molecular complexity index is 1080. The Morgan fingerprint density at radius 1 is 1.16 bits per heavy atom. The van der Waals surface area contributed by atoms with Gasteiger partial charge in [0.25, 0.3) is 5.91 Å². The molecular formula is C21H23F2N3O3S2. The van der Waals surface area contributed by atoms with Gasteiger partial charge in [0.05, 0.1) is 6.54 Å². The highest BCUT2D eigenvalue weighted by molar-refractivity contribution is 8.00. The number of amides is 1. The van der Waals surface area contributed by atoms with Crippen LogP contribution in [0.5, 0.6) is 5.75 Å². The minimum atomic E-state index is -2.90. The minimum absolute atomic E-state index is 0.0513. The third kappa shape index (κ3) is 6.31. The molecule has 0 fully saturated rings. The van der Waals surface area contributed by atoms with E-state index < -0.39 is 22.6 Å². The van der Waals surface area contributed by atoms with E-state index in [4.69, 9.17) is 0 Å². The van der Waals surface area contributed by atoms with E-state index in [2.05, 4.69) is 14.4 Å². The van der Waals surface area contributed by atoms with Gasteiger partial charge in [0, 0.05) is 23.1 Å². The van der Waals surface area contributed by atoms with Gasteiger partial charge in [-0.3, -0.25) is 13.7 Å². The molecule has 0 spiro atoms. The summed E-state index contributed by atoms with van der Waals surface area (Å²) < 4.78 is 43.9. The molecule has 10 heteroatoms. The maximum Gasteiger partial charge on any atom is 0.387 e. The smallest absolute Gasteiger partial charge is 0.387 e. The molecule has 0 saturated carbocycles. The lowest BCUT2D eigenvalue weighted by Crippen LogP contribution is -2.34. The van der Waals surface area contributed by atoms with Crippen molar-refractivity contribution >= 4 is 38.2 Å². The van der Waals surface area contributed by atoms with Crippen LogP contribution in [0.15, 0.2) is 54.6 Å². The van der Waals surface area contributed by atoms with Crippen LogP contribution in [-0.4, -0.2) is 34.2 Å². The Balaban J connectivity index is 1.96. The number of alkyl halides is 2. The SMILES string of the molecule is Cc1sc(N(Cc2ccccc2)c2ccc(OC(F)F)cc2)nc1C(=O)N[SH](C)(C)=O. The third-order valence-electron chi connectivity index (χ3n) is 4.16. The van der Waals surface area contributed by atoms with E-state index in [1.807, 2.05) is 35.2 Å². The zero-order valence-corrected chi connectivity index (χ0v) is 18.9. The molecule has 0 atom stereocenters. The summed E-state index contributed by atoms with van der Waals surface area (Å²) in [6.45, 7) is -0.682. The average molecular weight is 468 g/mol. The van der Waals surface area contributed by atoms with Gasteiger partial charge in [-0.15, -0.1) is 11.3 Å². The highest BCUT2D eigenvalue weighted by atomic mass is 32.3. The number of ether oxygens (including phenoxy) is 1. The number of halogens is 2. The van der Waals surface area contributed by atoms with Crippen molar-refractivity contribution in [2.45, 2.75) is 20.1 Å². The number of thiol groups is 1. The molecule has 2 aromatic carbocycles. The molecule has 3 rings (SSSR count). The normalized spacial score (nSPS) is 11.9. The van der Waals surface area contributed by atoms with E-state index in [9.17, 15) is 17.8 Å². The summed E-state index contributed by atoms with van der Waals surface area (Å²) in [6, 6.07) is 15.9. The number of carbonyl (C=O) groups excluding carboxylic acids is 1. The largest absolute Gasteiger partial charge is 0.435 e. The second-order valence-electron chi connectivity index (χ2n) is 7.14. The number of benzene rings is 2. The van der Waals surface area contributed by atoms with E-state index in [1.165, 1.54) is 36.0 Å². The van der Waals surface area contributed by atoms with Crippen molar-refractivity contribution in [3.05, 3.63) is 70.7 Å². The standard InChI is InChI=1S/C21H23F2N3O3S2/c1-14-18(19(27)25-31(2,3)28)24-21(30-14)26(13-15-7-5-4-6-8-15)16-9-11-17(12-10-16)29-20(22)23/h4-12,20,31H,13H2,1-3H3,(H,25,27,28). The summed E-state index contributed by atoms with van der Waals surface area (Å²) in [5.41, 5.74) is 1.91. The first-order valence-electron chi connectivity index (χ1n) is 9.34. The Morgan fingerprint density at radius 3 is 2.39 bits per heavy atom. The van der Waals surface area contributed by atoms with Gasteiger partial charge in [0.1, 0.15) is 11.4 Å². The van der Waals surface area contributed by atoms with Gasteiger partial charge in [-0.2, -0.15) is 8.78 Å². The molecule has 0 saturated heterocycles. The van der Waals surface area contributed by atoms with E-state index in [-0.39, 0.29) is 11.4 Å². The van der Waals surface area contributed by atoms with Crippen molar-refractivity contribution in [3.8, 4) is 5.75 Å². The molecule has 1 amide bonds. The van der Waals surface area contributed by atoms with Crippen LogP contribution in [-0.2, 0) is 16.7 Å². The van der Waals surface area contributed by atoms with Gasteiger partial charge >= 0.3 is 6.61 Å². The molecule has 31 heavy (non-hydrogen) atoms. The van der Waals surface area contributed by atoms with E-state index in [1.54, 1.807) is 19.1 Å². The van der Waals surface area contributed by atoms with Crippen molar-refractivity contribution in [2.75, 3.05) is 17.4 Å². The summed E-state index contributed by atoms with van der Waals surface area (Å²) in [5.74, 6) is -0.441. The number of hydrogen-bond acceptors (Lipinski definition) is 6. The lowest BCUT2D eigenvalue weighted by molar-refractivity contribution is -0.0498. The van der Waals surface area contributed by atoms with Gasteiger partial charge in [-0.1, -0.05) is 30.3 Å². The van der Waals surface area contributed by atoms with Gasteiger partial charge in [0.2, 0.25) is 0 Å². The first-order valence-corrected chi connectivity index (χ1v) is 12.8. The molecule has 3 aromatic rings. The minimum Gasteiger partial charge on any atom is -0.435 e. The van der Waals surface area contributed by atoms with Gasteiger partial charge in [-0.25, -0.2) is 4.98 Å². The topological polar surface area (TPSA) is 71.5 Å². The van der Waals surface area contributed by atoms with Gasteiger partial charge in [0.15, 0.2) is 5.13 Å². The van der Waals surface area contributed by atoms with Crippen LogP contribution in [0.2, 0.25) is 0 Å². The fourth-order valence-electron chi connectivity index (χ4n) is 2.85. The fourth-order valence-corrected chi connectivity index (χ4v) is 4.37. The third-order valence-corrected chi connectivity index (χ3v) is 5.89. The quantitative estimate of drug-likeness (QED) is 0.483. The maximum atomic E-state index is 12.5. The molecule has 0 aliphatic heterocycles. The molecule has 0 aliphatic rings. The molecule has 1 aromatic heterocycles. The molecule has 6 nitrogen and oxygen atoms in total.